The van der Waals surface area contributed by atoms with Gasteiger partial charge in [-0.1, -0.05) is 44.2 Å². The maximum Gasteiger partial charge on any atom is 0.124 e. The Balaban J connectivity index is 2.92. The molecule has 0 aliphatic carbocycles. The van der Waals surface area contributed by atoms with Gasteiger partial charge in [-0.25, -0.2) is 8.42 Å². The monoisotopic (exact) mass is 249 g/mol. The second kappa shape index (κ2) is 4.13. The summed E-state index contributed by atoms with van der Waals surface area (Å²) < 4.78 is 33.7. The summed E-state index contributed by atoms with van der Waals surface area (Å²) in [6.07, 6.45) is 0. The fraction of sp³-hybridized carbons (Fsp3) is 0.231. The molecule has 0 radical (unpaired) electrons. The minimum atomic E-state index is -4.42. The first kappa shape index (κ1) is 12.1. The van der Waals surface area contributed by atoms with Gasteiger partial charge in [0.25, 0.3) is 0 Å². The molecule has 0 atom stereocenters. The third kappa shape index (κ3) is 2.18. The molecular formula is C13H13O3S-. The van der Waals surface area contributed by atoms with Gasteiger partial charge in [-0.2, -0.15) is 0 Å². The van der Waals surface area contributed by atoms with E-state index >= 15 is 0 Å². The fourth-order valence-electron chi connectivity index (χ4n) is 2.09. The summed E-state index contributed by atoms with van der Waals surface area (Å²) in [5, 5.41) is 1.78. The average molecular weight is 249 g/mol. The molecule has 90 valence electrons. The third-order valence-electron chi connectivity index (χ3n) is 2.78. The summed E-state index contributed by atoms with van der Waals surface area (Å²) in [4.78, 5) is -0.105. The molecule has 0 aliphatic rings. The quantitative estimate of drug-likeness (QED) is 0.769. The molecule has 0 saturated carbocycles. The van der Waals surface area contributed by atoms with Crippen LogP contribution in [0, 0.1) is 0 Å². The number of benzene rings is 2. The molecule has 4 heteroatoms. The number of hydrogen-bond donors (Lipinski definition) is 0. The van der Waals surface area contributed by atoms with Gasteiger partial charge < -0.3 is 4.55 Å². The number of fused-ring (bicyclic) bond motifs is 1. The van der Waals surface area contributed by atoms with E-state index in [0.29, 0.717) is 5.56 Å². The summed E-state index contributed by atoms with van der Waals surface area (Å²) in [6, 6.07) is 10.6. The standard InChI is InChI=1S/C13H14O3S/c1-9(2)13-11-6-4-3-5-10(11)7-8-12(13)17(14,15)16/h3-9H,1-2H3,(H,14,15,16)/p-1. The van der Waals surface area contributed by atoms with Gasteiger partial charge in [-0.05, 0) is 28.3 Å². The highest BCUT2D eigenvalue weighted by Gasteiger charge is 2.14. The van der Waals surface area contributed by atoms with Crippen LogP contribution in [0.1, 0.15) is 25.3 Å². The van der Waals surface area contributed by atoms with Crippen molar-refractivity contribution < 1.29 is 13.0 Å². The van der Waals surface area contributed by atoms with Gasteiger partial charge in [-0.15, -0.1) is 0 Å². The van der Waals surface area contributed by atoms with Gasteiger partial charge >= 0.3 is 0 Å². The zero-order chi connectivity index (χ0) is 12.6. The Morgan fingerprint density at radius 2 is 1.71 bits per heavy atom. The molecular weight excluding hydrogens is 236 g/mol. The molecule has 0 spiro atoms. The molecule has 0 fully saturated rings. The Morgan fingerprint density at radius 3 is 2.29 bits per heavy atom. The van der Waals surface area contributed by atoms with E-state index in [4.69, 9.17) is 0 Å². The summed E-state index contributed by atoms with van der Waals surface area (Å²) in [7, 11) is -4.42. The van der Waals surface area contributed by atoms with E-state index in [9.17, 15) is 13.0 Å². The minimum absolute atomic E-state index is 0.0141. The molecule has 0 N–H and O–H groups in total. The minimum Gasteiger partial charge on any atom is -0.744 e. The Labute approximate surface area is 101 Å². The highest BCUT2D eigenvalue weighted by Crippen LogP contribution is 2.31. The normalized spacial score (nSPS) is 12.2. The van der Waals surface area contributed by atoms with E-state index < -0.39 is 10.1 Å². The molecule has 2 aromatic carbocycles. The van der Waals surface area contributed by atoms with E-state index in [1.54, 1.807) is 6.07 Å². The van der Waals surface area contributed by atoms with E-state index in [-0.39, 0.29) is 10.8 Å². The van der Waals surface area contributed by atoms with Gasteiger partial charge in [0, 0.05) is 0 Å². The van der Waals surface area contributed by atoms with Crippen LogP contribution in [-0.2, 0) is 10.1 Å². The van der Waals surface area contributed by atoms with Crippen molar-refractivity contribution in [1.82, 2.24) is 0 Å². The van der Waals surface area contributed by atoms with Gasteiger partial charge in [0.1, 0.15) is 10.1 Å². The highest BCUT2D eigenvalue weighted by atomic mass is 32.2. The zero-order valence-corrected chi connectivity index (χ0v) is 10.5. The summed E-state index contributed by atoms with van der Waals surface area (Å²) in [5.74, 6) is -0.0141. The maximum atomic E-state index is 11.2. The second-order valence-corrected chi connectivity index (χ2v) is 5.66. The molecule has 3 nitrogen and oxygen atoms in total. The van der Waals surface area contributed by atoms with Crippen LogP contribution in [0.5, 0.6) is 0 Å². The predicted octanol–water partition coefficient (Wildman–Crippen LogP) is 2.87. The van der Waals surface area contributed by atoms with Crippen molar-refractivity contribution in [1.29, 1.82) is 0 Å². The van der Waals surface area contributed by atoms with Gasteiger partial charge in [0.2, 0.25) is 0 Å². The Bertz CT molecular complexity index is 657. The maximum absolute atomic E-state index is 11.2. The van der Waals surface area contributed by atoms with Crippen molar-refractivity contribution in [2.45, 2.75) is 24.7 Å². The van der Waals surface area contributed by atoms with E-state index in [1.807, 2.05) is 38.1 Å². The van der Waals surface area contributed by atoms with Crippen LogP contribution in [0.15, 0.2) is 41.3 Å². The third-order valence-corrected chi connectivity index (χ3v) is 3.67. The second-order valence-electron chi connectivity index (χ2n) is 4.31. The van der Waals surface area contributed by atoms with E-state index in [1.165, 1.54) is 6.07 Å². The molecule has 0 heterocycles. The van der Waals surface area contributed by atoms with Crippen molar-refractivity contribution in [3.05, 3.63) is 42.0 Å². The lowest BCUT2D eigenvalue weighted by Gasteiger charge is -2.18. The highest BCUT2D eigenvalue weighted by molar-refractivity contribution is 7.85. The van der Waals surface area contributed by atoms with Crippen LogP contribution in [-0.4, -0.2) is 13.0 Å². The molecule has 2 aromatic rings. The lowest BCUT2D eigenvalue weighted by atomic mass is 9.96. The van der Waals surface area contributed by atoms with Crippen molar-refractivity contribution in [3.8, 4) is 0 Å². The first-order valence-corrected chi connectivity index (χ1v) is 6.79. The molecule has 0 bridgehead atoms. The van der Waals surface area contributed by atoms with Crippen molar-refractivity contribution >= 4 is 20.9 Å². The number of hydrogen-bond acceptors (Lipinski definition) is 3. The summed E-state index contributed by atoms with van der Waals surface area (Å²) >= 11 is 0. The Hall–Kier alpha value is -1.39. The van der Waals surface area contributed by atoms with Crippen LogP contribution >= 0.6 is 0 Å². The molecule has 0 aliphatic heterocycles. The van der Waals surface area contributed by atoms with Crippen LogP contribution in [0.4, 0.5) is 0 Å². The van der Waals surface area contributed by atoms with Crippen molar-refractivity contribution in [3.63, 3.8) is 0 Å². The lowest BCUT2D eigenvalue weighted by Crippen LogP contribution is -2.05. The molecule has 0 saturated heterocycles. The molecule has 2 rings (SSSR count). The van der Waals surface area contributed by atoms with Crippen molar-refractivity contribution in [2.24, 2.45) is 0 Å². The molecule has 0 aromatic heterocycles. The zero-order valence-electron chi connectivity index (χ0n) is 9.67. The number of rotatable bonds is 2. The SMILES string of the molecule is CC(C)c1c(S(=O)(=O)[O-])ccc2ccccc12. The topological polar surface area (TPSA) is 57.2 Å². The first-order chi connectivity index (χ1) is 7.91. The van der Waals surface area contributed by atoms with Crippen molar-refractivity contribution in [2.75, 3.05) is 0 Å². The van der Waals surface area contributed by atoms with E-state index in [0.717, 1.165) is 10.8 Å². The largest absolute Gasteiger partial charge is 0.744 e. The van der Waals surface area contributed by atoms with Gasteiger partial charge in [0.15, 0.2) is 0 Å². The Kier molecular flexibility index (Phi) is 2.93. The predicted molar refractivity (Wildman–Crippen MR) is 66.0 cm³/mol. The fourth-order valence-corrected chi connectivity index (χ4v) is 2.94. The van der Waals surface area contributed by atoms with Gasteiger partial charge in [-0.3, -0.25) is 0 Å². The van der Waals surface area contributed by atoms with E-state index in [2.05, 4.69) is 0 Å². The van der Waals surface area contributed by atoms with Crippen LogP contribution < -0.4 is 0 Å². The molecule has 0 amide bonds. The van der Waals surface area contributed by atoms with Crippen LogP contribution in [0.25, 0.3) is 10.8 Å². The lowest BCUT2D eigenvalue weighted by molar-refractivity contribution is 0.461. The first-order valence-electron chi connectivity index (χ1n) is 5.39. The summed E-state index contributed by atoms with van der Waals surface area (Å²) in [5.41, 5.74) is 0.609. The van der Waals surface area contributed by atoms with Gasteiger partial charge in [0.05, 0.1) is 4.90 Å². The Morgan fingerprint density at radius 1 is 1.06 bits per heavy atom. The summed E-state index contributed by atoms with van der Waals surface area (Å²) in [6.45, 7) is 3.77. The molecule has 0 unspecified atom stereocenters. The van der Waals surface area contributed by atoms with Crippen LogP contribution in [0.2, 0.25) is 0 Å². The molecule has 17 heavy (non-hydrogen) atoms. The average Bonchev–Trinajstić information content (AvgIpc) is 2.26. The van der Waals surface area contributed by atoms with Crippen LogP contribution in [0.3, 0.4) is 0 Å². The smallest absolute Gasteiger partial charge is 0.124 e.